The van der Waals surface area contributed by atoms with Crippen molar-refractivity contribution >= 4 is 44.8 Å². The van der Waals surface area contributed by atoms with E-state index < -0.39 is 11.8 Å². The summed E-state index contributed by atoms with van der Waals surface area (Å²) >= 11 is 1.53. The van der Waals surface area contributed by atoms with Gasteiger partial charge in [-0.1, -0.05) is 42.5 Å². The van der Waals surface area contributed by atoms with E-state index in [1.165, 1.54) is 16.0 Å². The van der Waals surface area contributed by atoms with Gasteiger partial charge in [0.05, 0.1) is 33.1 Å². The second-order valence-electron chi connectivity index (χ2n) is 8.20. The molecule has 3 aromatic heterocycles. The van der Waals surface area contributed by atoms with Gasteiger partial charge in [0.15, 0.2) is 5.69 Å². The number of rotatable bonds is 4. The van der Waals surface area contributed by atoms with Crippen LogP contribution in [0.5, 0.6) is 0 Å². The summed E-state index contributed by atoms with van der Waals surface area (Å²) in [6.45, 7) is 3.62. The smallest absolute Gasteiger partial charge is 0.267 e. The number of carbonyl (C=O) groups excluding carboxylic acids is 2. The third kappa shape index (κ3) is 4.17. The fourth-order valence-electron chi connectivity index (χ4n) is 3.88. The van der Waals surface area contributed by atoms with Gasteiger partial charge in [0.25, 0.3) is 17.4 Å². The van der Waals surface area contributed by atoms with Gasteiger partial charge in [-0.2, -0.15) is 5.10 Å². The minimum Gasteiger partial charge on any atom is -0.267 e. The lowest BCUT2D eigenvalue weighted by Crippen LogP contribution is -2.43. The number of pyridine rings is 1. The summed E-state index contributed by atoms with van der Waals surface area (Å²) in [6.07, 6.45) is 0. The zero-order valence-corrected chi connectivity index (χ0v) is 19.8. The van der Waals surface area contributed by atoms with Crippen molar-refractivity contribution in [3.63, 3.8) is 0 Å². The van der Waals surface area contributed by atoms with Crippen LogP contribution < -0.4 is 16.4 Å². The first kappa shape index (κ1) is 22.4. The van der Waals surface area contributed by atoms with Crippen LogP contribution in [0.2, 0.25) is 0 Å². The van der Waals surface area contributed by atoms with E-state index in [9.17, 15) is 14.4 Å². The maximum atomic E-state index is 13.2. The number of nitrogens with one attached hydrogen (secondary N) is 2. The molecule has 3 heterocycles. The summed E-state index contributed by atoms with van der Waals surface area (Å²) < 4.78 is 1.27. The molecule has 0 fully saturated rings. The van der Waals surface area contributed by atoms with E-state index in [2.05, 4.69) is 20.9 Å². The molecule has 5 aromatic rings. The van der Waals surface area contributed by atoms with Crippen molar-refractivity contribution in [3.8, 4) is 10.6 Å². The fourth-order valence-corrected chi connectivity index (χ4v) is 4.56. The molecule has 5 rings (SSSR count). The molecule has 0 unspecified atom stereocenters. The third-order valence-corrected chi connectivity index (χ3v) is 6.45. The van der Waals surface area contributed by atoms with Crippen molar-refractivity contribution in [2.75, 3.05) is 0 Å². The van der Waals surface area contributed by atoms with Crippen LogP contribution in [0, 0.1) is 0 Å². The molecule has 0 radical (unpaired) electrons. The van der Waals surface area contributed by atoms with Crippen LogP contribution in [0.4, 0.5) is 0 Å². The molecule has 174 valence electrons. The molecule has 9 heteroatoms. The Bertz CT molecular complexity index is 1640. The van der Waals surface area contributed by atoms with Gasteiger partial charge < -0.3 is 0 Å². The molecule has 0 atom stereocenters. The van der Waals surface area contributed by atoms with Crippen LogP contribution in [-0.4, -0.2) is 26.6 Å². The highest BCUT2D eigenvalue weighted by Crippen LogP contribution is 2.27. The normalized spacial score (nSPS) is 11.2. The number of para-hydroxylation sites is 1. The number of hydrazine groups is 1. The van der Waals surface area contributed by atoms with Crippen LogP contribution in [-0.2, 0) is 0 Å². The van der Waals surface area contributed by atoms with E-state index >= 15 is 0 Å². The maximum absolute atomic E-state index is 13.2. The average Bonchev–Trinajstić information content (AvgIpc) is 3.42. The Morgan fingerprint density at radius 1 is 0.886 bits per heavy atom. The van der Waals surface area contributed by atoms with Crippen molar-refractivity contribution in [2.24, 2.45) is 0 Å². The van der Waals surface area contributed by atoms with Gasteiger partial charge >= 0.3 is 0 Å². The number of hydrogen-bond acceptors (Lipinski definition) is 6. The van der Waals surface area contributed by atoms with Crippen LogP contribution in [0.1, 0.15) is 40.7 Å². The predicted molar refractivity (Wildman–Crippen MR) is 136 cm³/mol. The summed E-state index contributed by atoms with van der Waals surface area (Å²) in [4.78, 5) is 44.6. The molecule has 35 heavy (non-hydrogen) atoms. The summed E-state index contributed by atoms with van der Waals surface area (Å²) in [5, 5.41) is 7.68. The number of benzene rings is 2. The highest BCUT2D eigenvalue weighted by Gasteiger charge is 2.20. The zero-order valence-electron chi connectivity index (χ0n) is 19.0. The molecule has 0 aliphatic rings. The van der Waals surface area contributed by atoms with Crippen LogP contribution in [0.15, 0.2) is 76.9 Å². The topological polar surface area (TPSA) is 106 Å². The van der Waals surface area contributed by atoms with Crippen molar-refractivity contribution in [1.82, 2.24) is 25.6 Å². The van der Waals surface area contributed by atoms with E-state index in [-0.39, 0.29) is 17.3 Å². The number of carbonyl (C=O) groups is 2. The minimum absolute atomic E-state index is 0.0491. The molecule has 0 aliphatic carbocycles. The Labute approximate surface area is 204 Å². The average molecular weight is 484 g/mol. The first-order valence-electron chi connectivity index (χ1n) is 11.0. The summed E-state index contributed by atoms with van der Waals surface area (Å²) in [7, 11) is 0. The summed E-state index contributed by atoms with van der Waals surface area (Å²) in [5.41, 5.74) is 6.46. The van der Waals surface area contributed by atoms with E-state index in [0.29, 0.717) is 32.9 Å². The largest absolute Gasteiger partial charge is 0.290 e. The molecule has 2 amide bonds. The highest BCUT2D eigenvalue weighted by molar-refractivity contribution is 7.13. The SMILES string of the molecule is CC(C)n1nc(C(=O)NNC(=O)c2cc(-c3cccs3)nc3ccccc23)c2ccccc2c1=O. The number of nitrogens with zero attached hydrogens (tertiary/aromatic N) is 3. The predicted octanol–water partition coefficient (Wildman–Crippen LogP) is 4.33. The number of hydrogen-bond donors (Lipinski definition) is 2. The van der Waals surface area contributed by atoms with Gasteiger partial charge in [-0.25, -0.2) is 9.67 Å². The molecule has 0 saturated heterocycles. The molecule has 0 spiro atoms. The van der Waals surface area contributed by atoms with Gasteiger partial charge in [-0.3, -0.25) is 25.2 Å². The van der Waals surface area contributed by atoms with Gasteiger partial charge in [0.1, 0.15) is 0 Å². The maximum Gasteiger partial charge on any atom is 0.290 e. The number of thiophene rings is 1. The monoisotopic (exact) mass is 483 g/mol. The molecule has 0 saturated carbocycles. The standard InChI is InChI=1S/C26H21N5O3S/c1-15(2)31-26(34)18-10-4-3-9-17(18)23(30-31)25(33)29-28-24(32)19-14-21(22-12-7-13-35-22)27-20-11-6-5-8-16(19)20/h3-15H,1-2H3,(H,28,32)(H,29,33). The Balaban J connectivity index is 1.48. The molecule has 8 nitrogen and oxygen atoms in total. The first-order chi connectivity index (χ1) is 16.9. The second-order valence-corrected chi connectivity index (χ2v) is 9.14. The zero-order chi connectivity index (χ0) is 24.5. The Morgan fingerprint density at radius 3 is 2.29 bits per heavy atom. The number of amides is 2. The fraction of sp³-hybridized carbons (Fsp3) is 0.115. The van der Waals surface area contributed by atoms with Gasteiger partial charge in [-0.15, -0.1) is 11.3 Å². The van der Waals surface area contributed by atoms with Crippen molar-refractivity contribution in [2.45, 2.75) is 19.9 Å². The summed E-state index contributed by atoms with van der Waals surface area (Å²) in [5.74, 6) is -1.11. The molecule has 0 bridgehead atoms. The lowest BCUT2D eigenvalue weighted by Gasteiger charge is -2.14. The molecular formula is C26H21N5O3S. The molecular weight excluding hydrogens is 462 g/mol. The third-order valence-electron chi connectivity index (χ3n) is 5.56. The number of fused-ring (bicyclic) bond motifs is 2. The van der Waals surface area contributed by atoms with Gasteiger partial charge in [-0.05, 0) is 43.5 Å². The lowest BCUT2D eigenvalue weighted by molar-refractivity contribution is 0.0844. The van der Waals surface area contributed by atoms with Crippen molar-refractivity contribution < 1.29 is 9.59 Å². The quantitative estimate of drug-likeness (QED) is 0.370. The Hall–Kier alpha value is -4.37. The van der Waals surface area contributed by atoms with Gasteiger partial charge in [0, 0.05) is 10.8 Å². The van der Waals surface area contributed by atoms with E-state index in [0.717, 1.165) is 4.88 Å². The molecule has 2 N–H and O–H groups in total. The van der Waals surface area contributed by atoms with E-state index in [4.69, 9.17) is 0 Å². The van der Waals surface area contributed by atoms with Gasteiger partial charge in [0.2, 0.25) is 0 Å². The first-order valence-corrected chi connectivity index (χ1v) is 11.9. The van der Waals surface area contributed by atoms with E-state index in [1.807, 2.05) is 55.6 Å². The highest BCUT2D eigenvalue weighted by atomic mass is 32.1. The minimum atomic E-state index is -0.624. The van der Waals surface area contributed by atoms with Crippen LogP contribution in [0.25, 0.3) is 32.2 Å². The number of aromatic nitrogens is 3. The van der Waals surface area contributed by atoms with Crippen LogP contribution in [0.3, 0.4) is 0 Å². The van der Waals surface area contributed by atoms with E-state index in [1.54, 1.807) is 30.3 Å². The molecule has 2 aromatic carbocycles. The Morgan fingerprint density at radius 2 is 1.57 bits per heavy atom. The Kier molecular flexibility index (Phi) is 5.84. The van der Waals surface area contributed by atoms with Crippen LogP contribution >= 0.6 is 11.3 Å². The summed E-state index contributed by atoms with van der Waals surface area (Å²) in [6, 6.07) is 19.4. The lowest BCUT2D eigenvalue weighted by atomic mass is 10.1. The van der Waals surface area contributed by atoms with Crippen molar-refractivity contribution in [3.05, 3.63) is 93.7 Å². The van der Waals surface area contributed by atoms with Crippen molar-refractivity contribution in [1.29, 1.82) is 0 Å². The second kappa shape index (κ2) is 9.11. The molecule has 0 aliphatic heterocycles.